The van der Waals surface area contributed by atoms with Crippen LogP contribution >= 0.6 is 0 Å². The van der Waals surface area contributed by atoms with E-state index in [0.29, 0.717) is 6.42 Å². The fourth-order valence-electron chi connectivity index (χ4n) is 2.29. The Morgan fingerprint density at radius 3 is 2.35 bits per heavy atom. The van der Waals surface area contributed by atoms with Crippen LogP contribution in [0.2, 0.25) is 0 Å². The molecule has 0 bridgehead atoms. The topological polar surface area (TPSA) is 76.1 Å². The molecule has 23 heavy (non-hydrogen) atoms. The summed E-state index contributed by atoms with van der Waals surface area (Å²) in [5.41, 5.74) is 0.853. The van der Waals surface area contributed by atoms with Crippen LogP contribution in [-0.2, 0) is 20.7 Å². The van der Waals surface area contributed by atoms with Gasteiger partial charge in [-0.05, 0) is 24.1 Å². The molecule has 0 aliphatic carbocycles. The van der Waals surface area contributed by atoms with Crippen LogP contribution in [-0.4, -0.2) is 55.3 Å². The molecular weight excluding hydrogens is 298 g/mol. The Morgan fingerprint density at radius 1 is 1.22 bits per heavy atom. The lowest BCUT2D eigenvalue weighted by atomic mass is 10.1. The number of carbonyl (C=O) groups excluding carboxylic acids is 2. The maximum Gasteiger partial charge on any atom is 0.307 e. The lowest BCUT2D eigenvalue weighted by molar-refractivity contribution is -0.142. The summed E-state index contributed by atoms with van der Waals surface area (Å²) in [6, 6.07) is 6.95. The predicted molar refractivity (Wildman–Crippen MR) is 86.2 cm³/mol. The Labute approximate surface area is 137 Å². The van der Waals surface area contributed by atoms with Crippen molar-refractivity contribution in [1.29, 1.82) is 0 Å². The highest BCUT2D eigenvalue weighted by Gasteiger charge is 2.22. The van der Waals surface area contributed by atoms with Crippen molar-refractivity contribution in [2.45, 2.75) is 32.2 Å². The number of methoxy groups -OCH3 is 2. The minimum Gasteiger partial charge on any atom is -0.497 e. The number of carbonyl (C=O) groups is 2. The number of nitrogens with zero attached hydrogens (tertiary/aromatic N) is 1. The Kier molecular flexibility index (Phi) is 8.11. The Bertz CT molecular complexity index is 496. The van der Waals surface area contributed by atoms with Gasteiger partial charge in [0.2, 0.25) is 5.91 Å². The van der Waals surface area contributed by atoms with E-state index >= 15 is 0 Å². The molecule has 1 amide bonds. The van der Waals surface area contributed by atoms with E-state index in [-0.39, 0.29) is 43.9 Å². The molecule has 1 unspecified atom stereocenters. The summed E-state index contributed by atoms with van der Waals surface area (Å²) < 4.78 is 9.71. The van der Waals surface area contributed by atoms with Crippen LogP contribution in [0.15, 0.2) is 24.3 Å². The highest BCUT2D eigenvalue weighted by atomic mass is 16.5. The zero-order valence-electron chi connectivity index (χ0n) is 13.9. The molecule has 0 aliphatic rings. The highest BCUT2D eigenvalue weighted by Crippen LogP contribution is 2.14. The van der Waals surface area contributed by atoms with Gasteiger partial charge < -0.3 is 19.5 Å². The maximum absolute atomic E-state index is 12.6. The van der Waals surface area contributed by atoms with Gasteiger partial charge in [0.1, 0.15) is 5.75 Å². The summed E-state index contributed by atoms with van der Waals surface area (Å²) in [6.45, 7) is 2.00. The van der Waals surface area contributed by atoms with Crippen LogP contribution in [0.3, 0.4) is 0 Å². The number of amides is 1. The van der Waals surface area contributed by atoms with E-state index < -0.39 is 0 Å². The summed E-state index contributed by atoms with van der Waals surface area (Å²) >= 11 is 0. The van der Waals surface area contributed by atoms with E-state index in [4.69, 9.17) is 4.74 Å². The SMILES string of the molecule is CCC(CO)N(CCC(=O)OC)C(=O)Cc1ccc(OC)cc1. The number of aliphatic hydroxyl groups is 1. The van der Waals surface area contributed by atoms with Gasteiger partial charge in [0, 0.05) is 6.54 Å². The van der Waals surface area contributed by atoms with E-state index in [2.05, 4.69) is 4.74 Å². The van der Waals surface area contributed by atoms with Gasteiger partial charge in [0.25, 0.3) is 0 Å². The van der Waals surface area contributed by atoms with E-state index in [9.17, 15) is 14.7 Å². The minimum atomic E-state index is -0.375. The molecule has 1 rings (SSSR count). The number of benzene rings is 1. The average Bonchev–Trinajstić information content (AvgIpc) is 2.58. The third-order valence-electron chi connectivity index (χ3n) is 3.74. The molecule has 1 atom stereocenters. The molecule has 1 aromatic rings. The molecule has 0 spiro atoms. The van der Waals surface area contributed by atoms with Crippen molar-refractivity contribution in [1.82, 2.24) is 4.90 Å². The summed E-state index contributed by atoms with van der Waals surface area (Å²) in [6.07, 6.45) is 0.940. The first-order valence-corrected chi connectivity index (χ1v) is 7.65. The van der Waals surface area contributed by atoms with Crippen molar-refractivity contribution in [3.63, 3.8) is 0 Å². The molecule has 6 nitrogen and oxygen atoms in total. The van der Waals surface area contributed by atoms with E-state index in [1.807, 2.05) is 19.1 Å². The predicted octanol–water partition coefficient (Wildman–Crippen LogP) is 1.40. The van der Waals surface area contributed by atoms with Crippen molar-refractivity contribution < 1.29 is 24.2 Å². The van der Waals surface area contributed by atoms with Gasteiger partial charge in [-0.2, -0.15) is 0 Å². The van der Waals surface area contributed by atoms with Gasteiger partial charge in [0.05, 0.1) is 39.7 Å². The fourth-order valence-corrected chi connectivity index (χ4v) is 2.29. The second-order valence-corrected chi connectivity index (χ2v) is 5.18. The third kappa shape index (κ3) is 5.90. The molecular formula is C17H25NO5. The second kappa shape index (κ2) is 9.84. The van der Waals surface area contributed by atoms with Crippen LogP contribution < -0.4 is 4.74 Å². The van der Waals surface area contributed by atoms with Gasteiger partial charge in [-0.15, -0.1) is 0 Å². The molecule has 0 aliphatic heterocycles. The number of hydrogen-bond donors (Lipinski definition) is 1. The minimum absolute atomic E-state index is 0.112. The molecule has 0 radical (unpaired) electrons. The largest absolute Gasteiger partial charge is 0.497 e. The highest BCUT2D eigenvalue weighted by molar-refractivity contribution is 5.80. The van der Waals surface area contributed by atoms with Crippen molar-refractivity contribution in [3.8, 4) is 5.75 Å². The van der Waals surface area contributed by atoms with Gasteiger partial charge in [0.15, 0.2) is 0 Å². The first kappa shape index (κ1) is 19.0. The van der Waals surface area contributed by atoms with Crippen molar-refractivity contribution >= 4 is 11.9 Å². The fraction of sp³-hybridized carbons (Fsp3) is 0.529. The molecule has 0 aromatic heterocycles. The van der Waals surface area contributed by atoms with Crippen molar-refractivity contribution in [2.24, 2.45) is 0 Å². The molecule has 1 N–H and O–H groups in total. The monoisotopic (exact) mass is 323 g/mol. The van der Waals surface area contributed by atoms with Crippen LogP contribution in [0.4, 0.5) is 0 Å². The molecule has 0 fully saturated rings. The number of rotatable bonds is 9. The van der Waals surface area contributed by atoms with Crippen LogP contribution in [0.25, 0.3) is 0 Å². The standard InChI is InChI=1S/C17H25NO5/c1-4-14(12-19)18(10-9-17(21)23-3)16(20)11-13-5-7-15(22-2)8-6-13/h5-8,14,19H,4,9-12H2,1-3H3. The van der Waals surface area contributed by atoms with Crippen LogP contribution in [0, 0.1) is 0 Å². The average molecular weight is 323 g/mol. The number of aliphatic hydroxyl groups excluding tert-OH is 1. The Morgan fingerprint density at radius 2 is 1.87 bits per heavy atom. The van der Waals surface area contributed by atoms with E-state index in [1.54, 1.807) is 24.1 Å². The number of esters is 1. The molecule has 1 aromatic carbocycles. The van der Waals surface area contributed by atoms with Crippen LogP contribution in [0.5, 0.6) is 5.75 Å². The lowest BCUT2D eigenvalue weighted by Gasteiger charge is -2.30. The van der Waals surface area contributed by atoms with E-state index in [0.717, 1.165) is 11.3 Å². The summed E-state index contributed by atoms with van der Waals surface area (Å²) in [5.74, 6) is 0.227. The second-order valence-electron chi connectivity index (χ2n) is 5.18. The zero-order chi connectivity index (χ0) is 17.2. The maximum atomic E-state index is 12.6. The smallest absolute Gasteiger partial charge is 0.307 e. The van der Waals surface area contributed by atoms with Crippen molar-refractivity contribution in [3.05, 3.63) is 29.8 Å². The van der Waals surface area contributed by atoms with Crippen LogP contribution in [0.1, 0.15) is 25.3 Å². The zero-order valence-corrected chi connectivity index (χ0v) is 13.9. The molecule has 6 heteroatoms. The van der Waals surface area contributed by atoms with Gasteiger partial charge in [-0.3, -0.25) is 9.59 Å². The van der Waals surface area contributed by atoms with Gasteiger partial charge in [-0.25, -0.2) is 0 Å². The summed E-state index contributed by atoms with van der Waals surface area (Å²) in [7, 11) is 2.90. The van der Waals surface area contributed by atoms with Gasteiger partial charge in [-0.1, -0.05) is 19.1 Å². The first-order chi connectivity index (χ1) is 11.0. The van der Waals surface area contributed by atoms with E-state index in [1.165, 1.54) is 7.11 Å². The number of hydrogen-bond acceptors (Lipinski definition) is 5. The Hall–Kier alpha value is -2.08. The molecule has 0 saturated heterocycles. The summed E-state index contributed by atoms with van der Waals surface area (Å²) in [5, 5.41) is 9.48. The lowest BCUT2D eigenvalue weighted by Crippen LogP contribution is -2.44. The normalized spacial score (nSPS) is 11.7. The Balaban J connectivity index is 2.77. The third-order valence-corrected chi connectivity index (χ3v) is 3.74. The molecule has 128 valence electrons. The molecule has 0 saturated carbocycles. The van der Waals surface area contributed by atoms with Gasteiger partial charge >= 0.3 is 5.97 Å². The quantitative estimate of drug-likeness (QED) is 0.695. The van der Waals surface area contributed by atoms with Crippen molar-refractivity contribution in [2.75, 3.05) is 27.4 Å². The summed E-state index contributed by atoms with van der Waals surface area (Å²) in [4.78, 5) is 25.4. The first-order valence-electron chi connectivity index (χ1n) is 7.65. The number of ether oxygens (including phenoxy) is 2. The molecule has 0 heterocycles.